The number of thiophene rings is 1. The fraction of sp³-hybridized carbons (Fsp3) is 0.0625. The molecule has 0 saturated carbocycles. The van der Waals surface area contributed by atoms with Crippen LogP contribution in [0.1, 0.15) is 10.4 Å². The molecule has 3 aromatic rings. The molecule has 0 radical (unpaired) electrons. The van der Waals surface area contributed by atoms with Gasteiger partial charge in [0.1, 0.15) is 0 Å². The molecule has 1 amide bonds. The van der Waals surface area contributed by atoms with Gasteiger partial charge in [-0.1, -0.05) is 28.9 Å². The van der Waals surface area contributed by atoms with Gasteiger partial charge in [0.25, 0.3) is 5.91 Å². The third-order valence-corrected chi connectivity index (χ3v) is 3.70. The van der Waals surface area contributed by atoms with E-state index >= 15 is 0 Å². The van der Waals surface area contributed by atoms with E-state index in [-0.39, 0.29) is 11.9 Å². The van der Waals surface area contributed by atoms with Crippen molar-refractivity contribution in [2.24, 2.45) is 0 Å². The molecule has 0 spiro atoms. The molecule has 3 rings (SSSR count). The Labute approximate surface area is 131 Å². The van der Waals surface area contributed by atoms with Gasteiger partial charge in [-0.3, -0.25) is 10.1 Å². The third kappa shape index (κ3) is 3.48. The van der Waals surface area contributed by atoms with E-state index in [0.717, 1.165) is 16.0 Å². The highest BCUT2D eigenvalue weighted by molar-refractivity contribution is 7.10. The van der Waals surface area contributed by atoms with E-state index in [0.29, 0.717) is 5.89 Å². The quantitative estimate of drug-likeness (QED) is 0.745. The topological polar surface area (TPSA) is 68.0 Å². The summed E-state index contributed by atoms with van der Waals surface area (Å²) < 4.78 is 5.45. The number of hydrogen-bond acceptors (Lipinski definition) is 5. The maximum atomic E-state index is 11.8. The number of carbonyl (C=O) groups is 1. The molecule has 0 atom stereocenters. The van der Waals surface area contributed by atoms with Crippen LogP contribution in [0.5, 0.6) is 0 Å². The lowest BCUT2D eigenvalue weighted by Gasteiger charge is -1.96. The van der Waals surface area contributed by atoms with Gasteiger partial charge in [-0.25, -0.2) is 0 Å². The highest BCUT2D eigenvalue weighted by Gasteiger charge is 2.10. The molecule has 6 heteroatoms. The van der Waals surface area contributed by atoms with Gasteiger partial charge in [-0.2, -0.15) is 0 Å². The second kappa shape index (κ2) is 6.36. The molecule has 1 N–H and O–H groups in total. The van der Waals surface area contributed by atoms with Gasteiger partial charge in [-0.05, 0) is 36.6 Å². The van der Waals surface area contributed by atoms with Crippen LogP contribution in [0.3, 0.4) is 0 Å². The molecule has 2 aromatic heterocycles. The van der Waals surface area contributed by atoms with Crippen LogP contribution in [0.2, 0.25) is 0 Å². The van der Waals surface area contributed by atoms with Crippen LogP contribution < -0.4 is 5.32 Å². The van der Waals surface area contributed by atoms with Gasteiger partial charge in [0.05, 0.1) is 0 Å². The van der Waals surface area contributed by atoms with Gasteiger partial charge in [-0.15, -0.1) is 16.4 Å². The normalized spacial score (nSPS) is 11.0. The van der Waals surface area contributed by atoms with Crippen LogP contribution in [-0.2, 0) is 4.79 Å². The number of hydrogen-bond donors (Lipinski definition) is 1. The highest BCUT2D eigenvalue weighted by atomic mass is 32.1. The number of aryl methyl sites for hydroxylation is 1. The van der Waals surface area contributed by atoms with Gasteiger partial charge >= 0.3 is 6.01 Å². The Kier molecular flexibility index (Phi) is 4.11. The van der Waals surface area contributed by atoms with Crippen molar-refractivity contribution >= 4 is 29.3 Å². The first-order chi connectivity index (χ1) is 10.7. The number of nitrogens with one attached hydrogen (secondary N) is 1. The maximum Gasteiger partial charge on any atom is 0.322 e. The lowest BCUT2D eigenvalue weighted by Crippen LogP contribution is -2.07. The molecular weight excluding hydrogens is 298 g/mol. The van der Waals surface area contributed by atoms with Crippen molar-refractivity contribution in [3.05, 3.63) is 58.3 Å². The molecule has 2 heterocycles. The van der Waals surface area contributed by atoms with Crippen molar-refractivity contribution < 1.29 is 9.21 Å². The second-order valence-electron chi connectivity index (χ2n) is 4.62. The highest BCUT2D eigenvalue weighted by Crippen LogP contribution is 2.20. The minimum absolute atomic E-state index is 0.0809. The van der Waals surface area contributed by atoms with Crippen LogP contribution in [-0.4, -0.2) is 16.1 Å². The van der Waals surface area contributed by atoms with E-state index in [1.54, 1.807) is 17.4 Å². The van der Waals surface area contributed by atoms with Crippen molar-refractivity contribution in [2.45, 2.75) is 6.92 Å². The summed E-state index contributed by atoms with van der Waals surface area (Å²) in [4.78, 5) is 12.8. The average molecular weight is 311 g/mol. The molecule has 5 nitrogen and oxygen atoms in total. The Hall–Kier alpha value is -2.73. The SMILES string of the molecule is Cc1cccc(-c2nnc(NC(=O)C=Cc3cccs3)o2)c1. The summed E-state index contributed by atoms with van der Waals surface area (Å²) in [5.41, 5.74) is 1.92. The van der Waals surface area contributed by atoms with Crippen LogP contribution in [0.15, 0.2) is 52.3 Å². The monoisotopic (exact) mass is 311 g/mol. The zero-order chi connectivity index (χ0) is 15.4. The van der Waals surface area contributed by atoms with Crippen molar-refractivity contribution in [3.63, 3.8) is 0 Å². The second-order valence-corrected chi connectivity index (χ2v) is 5.60. The lowest BCUT2D eigenvalue weighted by molar-refractivity contribution is -0.112. The van der Waals surface area contributed by atoms with Crippen LogP contribution in [0.4, 0.5) is 6.01 Å². The zero-order valence-electron chi connectivity index (χ0n) is 11.8. The molecule has 0 aliphatic rings. The molecule has 0 aliphatic carbocycles. The fourth-order valence-electron chi connectivity index (χ4n) is 1.86. The van der Waals surface area contributed by atoms with Gasteiger partial charge in [0, 0.05) is 16.5 Å². The number of aromatic nitrogens is 2. The Morgan fingerprint density at radius 2 is 2.18 bits per heavy atom. The molecule has 0 bridgehead atoms. The van der Waals surface area contributed by atoms with Gasteiger partial charge in [0.2, 0.25) is 5.89 Å². The van der Waals surface area contributed by atoms with Crippen molar-refractivity contribution in [1.29, 1.82) is 0 Å². The summed E-state index contributed by atoms with van der Waals surface area (Å²) in [7, 11) is 0. The molecule has 1 aromatic carbocycles. The molecule has 0 aliphatic heterocycles. The Morgan fingerprint density at radius 1 is 1.27 bits per heavy atom. The summed E-state index contributed by atoms with van der Waals surface area (Å²) in [6.07, 6.45) is 3.17. The van der Waals surface area contributed by atoms with E-state index in [2.05, 4.69) is 15.5 Å². The minimum Gasteiger partial charge on any atom is -0.403 e. The smallest absolute Gasteiger partial charge is 0.322 e. The number of rotatable bonds is 4. The van der Waals surface area contributed by atoms with Gasteiger partial charge in [0.15, 0.2) is 0 Å². The number of amides is 1. The largest absolute Gasteiger partial charge is 0.403 e. The fourth-order valence-corrected chi connectivity index (χ4v) is 2.48. The van der Waals surface area contributed by atoms with E-state index in [1.165, 1.54) is 6.08 Å². The average Bonchev–Trinajstić information content (AvgIpc) is 3.16. The first kappa shape index (κ1) is 14.2. The maximum absolute atomic E-state index is 11.8. The van der Waals surface area contributed by atoms with Crippen LogP contribution >= 0.6 is 11.3 Å². The van der Waals surface area contributed by atoms with Crippen molar-refractivity contribution in [2.75, 3.05) is 5.32 Å². The standard InChI is InChI=1S/C16H13N3O2S/c1-11-4-2-5-12(10-11)15-18-19-16(21-15)17-14(20)8-7-13-6-3-9-22-13/h2-10H,1H3,(H,17,19,20). The van der Waals surface area contributed by atoms with Gasteiger partial charge < -0.3 is 4.42 Å². The van der Waals surface area contributed by atoms with Crippen LogP contribution in [0, 0.1) is 6.92 Å². The number of nitrogens with zero attached hydrogens (tertiary/aromatic N) is 2. The molecule has 0 unspecified atom stereocenters. The van der Waals surface area contributed by atoms with E-state index in [4.69, 9.17) is 4.42 Å². The van der Waals surface area contributed by atoms with Crippen molar-refractivity contribution in [1.82, 2.24) is 10.2 Å². The van der Waals surface area contributed by atoms with E-state index in [1.807, 2.05) is 48.7 Å². The van der Waals surface area contributed by atoms with E-state index < -0.39 is 0 Å². The van der Waals surface area contributed by atoms with E-state index in [9.17, 15) is 4.79 Å². The van der Waals surface area contributed by atoms with Crippen LogP contribution in [0.25, 0.3) is 17.5 Å². The molecule has 22 heavy (non-hydrogen) atoms. The first-order valence-electron chi connectivity index (χ1n) is 6.64. The number of benzene rings is 1. The van der Waals surface area contributed by atoms with Crippen molar-refractivity contribution in [3.8, 4) is 11.5 Å². The number of anilines is 1. The number of carbonyl (C=O) groups excluding carboxylic acids is 1. The zero-order valence-corrected chi connectivity index (χ0v) is 12.6. The Morgan fingerprint density at radius 3 is 2.95 bits per heavy atom. The Balaban J connectivity index is 1.68. The minimum atomic E-state index is -0.312. The first-order valence-corrected chi connectivity index (χ1v) is 7.52. The summed E-state index contributed by atoms with van der Waals surface area (Å²) in [6.45, 7) is 1.98. The molecule has 110 valence electrons. The molecular formula is C16H13N3O2S. The summed E-state index contributed by atoms with van der Waals surface area (Å²) >= 11 is 1.56. The summed E-state index contributed by atoms with van der Waals surface area (Å²) in [5, 5.41) is 12.3. The predicted molar refractivity (Wildman–Crippen MR) is 86.5 cm³/mol. The third-order valence-electron chi connectivity index (χ3n) is 2.86. The summed E-state index contributed by atoms with van der Waals surface area (Å²) in [6, 6.07) is 11.6. The summed E-state index contributed by atoms with van der Waals surface area (Å²) in [5.74, 6) is 0.0640. The predicted octanol–water partition coefficient (Wildman–Crippen LogP) is 3.76. The lowest BCUT2D eigenvalue weighted by atomic mass is 10.1. The molecule has 0 fully saturated rings. The molecule has 0 saturated heterocycles. The Bertz CT molecular complexity index is 806.